The van der Waals surface area contributed by atoms with Crippen molar-refractivity contribution < 1.29 is 17.9 Å². The lowest BCUT2D eigenvalue weighted by molar-refractivity contribution is 0.287. The van der Waals surface area contributed by atoms with E-state index in [0.717, 1.165) is 5.56 Å². The molecular formula is C19H25NO4S. The molecule has 0 spiro atoms. The quantitative estimate of drug-likeness (QED) is 0.819. The third-order valence-corrected chi connectivity index (χ3v) is 5.71. The van der Waals surface area contributed by atoms with Crippen molar-refractivity contribution in [3.05, 3.63) is 53.1 Å². The van der Waals surface area contributed by atoms with E-state index in [1.165, 1.54) is 0 Å². The molecule has 0 amide bonds. The Kier molecular flexibility index (Phi) is 6.08. The summed E-state index contributed by atoms with van der Waals surface area (Å²) in [6.07, 6.45) is 0. The molecule has 1 N–H and O–H groups in total. The molecule has 25 heavy (non-hydrogen) atoms. The molecule has 0 aliphatic rings. The van der Waals surface area contributed by atoms with E-state index < -0.39 is 10.0 Å². The van der Waals surface area contributed by atoms with Crippen LogP contribution in [0.15, 0.2) is 41.3 Å². The predicted octanol–water partition coefficient (Wildman–Crippen LogP) is 3.37. The summed E-state index contributed by atoms with van der Waals surface area (Å²) in [6, 6.07) is 10.7. The molecule has 2 rings (SSSR count). The maximum Gasteiger partial charge on any atom is 0.241 e. The molecule has 136 valence electrons. The Morgan fingerprint density at radius 3 is 2.08 bits per heavy atom. The predicted molar refractivity (Wildman–Crippen MR) is 98.9 cm³/mol. The number of benzene rings is 2. The molecule has 0 fully saturated rings. The van der Waals surface area contributed by atoms with E-state index >= 15 is 0 Å². The van der Waals surface area contributed by atoms with Gasteiger partial charge in [-0.25, -0.2) is 13.1 Å². The van der Waals surface area contributed by atoms with E-state index in [1.54, 1.807) is 40.0 Å². The molecule has 1 atom stereocenters. The summed E-state index contributed by atoms with van der Waals surface area (Å²) in [6.45, 7) is 7.55. The van der Waals surface area contributed by atoms with Gasteiger partial charge in [0, 0.05) is 0 Å². The second-order valence-electron chi connectivity index (χ2n) is 6.24. The van der Waals surface area contributed by atoms with Gasteiger partial charge in [-0.05, 0) is 63.1 Å². The Morgan fingerprint density at radius 1 is 1.00 bits per heavy atom. The topological polar surface area (TPSA) is 64.6 Å². The van der Waals surface area contributed by atoms with Gasteiger partial charge in [0.15, 0.2) is 0 Å². The number of sulfonamides is 1. The minimum atomic E-state index is -3.64. The summed E-state index contributed by atoms with van der Waals surface area (Å²) in [5.41, 5.74) is 2.44. The van der Waals surface area contributed by atoms with Crippen LogP contribution < -0.4 is 14.2 Å². The average molecular weight is 363 g/mol. The van der Waals surface area contributed by atoms with Gasteiger partial charge >= 0.3 is 0 Å². The van der Waals surface area contributed by atoms with Gasteiger partial charge in [0.05, 0.1) is 18.0 Å². The second kappa shape index (κ2) is 7.89. The Hall–Kier alpha value is -2.05. The smallest absolute Gasteiger partial charge is 0.241 e. The monoisotopic (exact) mass is 363 g/mol. The molecule has 1 unspecified atom stereocenters. The lowest BCUT2D eigenvalue weighted by Crippen LogP contribution is -2.37. The van der Waals surface area contributed by atoms with Gasteiger partial charge in [0.25, 0.3) is 0 Å². The van der Waals surface area contributed by atoms with E-state index in [4.69, 9.17) is 9.47 Å². The third-order valence-electron chi connectivity index (χ3n) is 3.82. The van der Waals surface area contributed by atoms with Gasteiger partial charge in [-0.15, -0.1) is 0 Å². The Balaban J connectivity index is 2.09. The molecule has 0 saturated carbocycles. The van der Waals surface area contributed by atoms with Crippen LogP contribution in [0, 0.1) is 20.8 Å². The highest BCUT2D eigenvalue weighted by molar-refractivity contribution is 7.89. The Bertz CT molecular complexity index is 806. The van der Waals surface area contributed by atoms with E-state index in [9.17, 15) is 8.42 Å². The molecule has 6 heteroatoms. The zero-order valence-electron chi connectivity index (χ0n) is 15.3. The highest BCUT2D eigenvalue weighted by Gasteiger charge is 2.22. The summed E-state index contributed by atoms with van der Waals surface area (Å²) in [4.78, 5) is 0.287. The lowest BCUT2D eigenvalue weighted by atomic mass is 10.1. The van der Waals surface area contributed by atoms with Crippen LogP contribution in [-0.2, 0) is 10.0 Å². The van der Waals surface area contributed by atoms with Crippen molar-refractivity contribution in [1.82, 2.24) is 4.72 Å². The molecule has 0 heterocycles. The van der Waals surface area contributed by atoms with Gasteiger partial charge in [-0.1, -0.05) is 17.7 Å². The van der Waals surface area contributed by atoms with Crippen molar-refractivity contribution in [2.24, 2.45) is 0 Å². The van der Waals surface area contributed by atoms with Gasteiger partial charge in [0.1, 0.15) is 18.1 Å². The number of rotatable bonds is 7. The number of ether oxygens (including phenoxy) is 2. The molecule has 5 nitrogen and oxygen atoms in total. The highest BCUT2D eigenvalue weighted by atomic mass is 32.2. The minimum absolute atomic E-state index is 0.247. The first-order valence-electron chi connectivity index (χ1n) is 8.10. The summed E-state index contributed by atoms with van der Waals surface area (Å²) in [5.74, 6) is 1.36. The van der Waals surface area contributed by atoms with E-state index in [1.807, 2.05) is 31.2 Å². The van der Waals surface area contributed by atoms with Crippen molar-refractivity contribution in [2.75, 3.05) is 13.7 Å². The summed E-state index contributed by atoms with van der Waals surface area (Å²) < 4.78 is 39.0. The first-order chi connectivity index (χ1) is 11.7. The zero-order valence-corrected chi connectivity index (χ0v) is 16.1. The SMILES string of the molecule is COc1cc(C)c(S(=O)(=O)NC(C)COc2ccc(C)cc2)c(C)c1. The number of nitrogens with one attached hydrogen (secondary N) is 1. The molecule has 0 bridgehead atoms. The zero-order chi connectivity index (χ0) is 18.6. The number of hydrogen-bond acceptors (Lipinski definition) is 4. The summed E-state index contributed by atoms with van der Waals surface area (Å²) in [7, 11) is -2.08. The summed E-state index contributed by atoms with van der Waals surface area (Å²) in [5, 5.41) is 0. The molecule has 0 aliphatic carbocycles. The highest BCUT2D eigenvalue weighted by Crippen LogP contribution is 2.25. The van der Waals surface area contributed by atoms with Crippen LogP contribution in [0.25, 0.3) is 0 Å². The van der Waals surface area contributed by atoms with Crippen LogP contribution in [0.4, 0.5) is 0 Å². The fraction of sp³-hybridized carbons (Fsp3) is 0.368. The van der Waals surface area contributed by atoms with Crippen LogP contribution in [0.2, 0.25) is 0 Å². The number of hydrogen-bond donors (Lipinski definition) is 1. The third kappa shape index (κ3) is 4.96. The largest absolute Gasteiger partial charge is 0.497 e. The normalized spacial score (nSPS) is 12.7. The van der Waals surface area contributed by atoms with Gasteiger partial charge in [0.2, 0.25) is 10.0 Å². The first-order valence-corrected chi connectivity index (χ1v) is 9.58. The minimum Gasteiger partial charge on any atom is -0.497 e. The standard InChI is InChI=1S/C19H25NO4S/c1-13-6-8-17(9-7-13)24-12-16(4)20-25(21,22)19-14(2)10-18(23-5)11-15(19)3/h6-11,16,20H,12H2,1-5H3. The van der Waals surface area contributed by atoms with Crippen LogP contribution in [-0.4, -0.2) is 28.2 Å². The van der Waals surface area contributed by atoms with Crippen molar-refractivity contribution >= 4 is 10.0 Å². The van der Waals surface area contributed by atoms with Gasteiger partial charge < -0.3 is 9.47 Å². The van der Waals surface area contributed by atoms with Crippen LogP contribution >= 0.6 is 0 Å². The fourth-order valence-corrected chi connectivity index (χ4v) is 4.35. The Morgan fingerprint density at radius 2 is 1.56 bits per heavy atom. The average Bonchev–Trinajstić information content (AvgIpc) is 2.52. The van der Waals surface area contributed by atoms with E-state index in [0.29, 0.717) is 22.6 Å². The van der Waals surface area contributed by atoms with Crippen LogP contribution in [0.3, 0.4) is 0 Å². The van der Waals surface area contributed by atoms with Crippen LogP contribution in [0.5, 0.6) is 11.5 Å². The molecule has 0 aliphatic heterocycles. The first kappa shape index (κ1) is 19.3. The maximum absolute atomic E-state index is 12.7. The summed E-state index contributed by atoms with van der Waals surface area (Å²) >= 11 is 0. The number of methoxy groups -OCH3 is 1. The van der Waals surface area contributed by atoms with Crippen molar-refractivity contribution in [3.63, 3.8) is 0 Å². The van der Waals surface area contributed by atoms with Gasteiger partial charge in [-0.2, -0.15) is 0 Å². The molecule has 0 saturated heterocycles. The second-order valence-corrected chi connectivity index (χ2v) is 7.89. The van der Waals surface area contributed by atoms with E-state index in [-0.39, 0.29) is 17.5 Å². The van der Waals surface area contributed by atoms with E-state index in [2.05, 4.69) is 4.72 Å². The molecule has 2 aromatic rings. The molecule has 0 radical (unpaired) electrons. The molecule has 2 aromatic carbocycles. The van der Waals surface area contributed by atoms with Crippen molar-refractivity contribution in [1.29, 1.82) is 0 Å². The molecule has 0 aromatic heterocycles. The van der Waals surface area contributed by atoms with Gasteiger partial charge in [-0.3, -0.25) is 0 Å². The maximum atomic E-state index is 12.7. The molecular weight excluding hydrogens is 338 g/mol. The Labute approximate surface area is 150 Å². The van der Waals surface area contributed by atoms with Crippen LogP contribution in [0.1, 0.15) is 23.6 Å². The number of aryl methyl sites for hydroxylation is 3. The fourth-order valence-electron chi connectivity index (χ4n) is 2.67. The van der Waals surface area contributed by atoms with Crippen molar-refractivity contribution in [3.8, 4) is 11.5 Å². The van der Waals surface area contributed by atoms with Crippen molar-refractivity contribution in [2.45, 2.75) is 38.6 Å². The lowest BCUT2D eigenvalue weighted by Gasteiger charge is -2.18.